The first-order valence-electron chi connectivity index (χ1n) is 7.76. The first kappa shape index (κ1) is 16.6. The van der Waals surface area contributed by atoms with Crippen LogP contribution in [-0.4, -0.2) is 12.5 Å². The highest BCUT2D eigenvalue weighted by Gasteiger charge is 2.08. The maximum Gasteiger partial charge on any atom is 0.226 e. The van der Waals surface area contributed by atoms with Gasteiger partial charge in [0.2, 0.25) is 5.91 Å². The highest BCUT2D eigenvalue weighted by molar-refractivity contribution is 5.92. The number of carbonyl (C=O) groups is 1. The minimum absolute atomic E-state index is 0.0158. The van der Waals surface area contributed by atoms with Crippen LogP contribution >= 0.6 is 0 Å². The van der Waals surface area contributed by atoms with E-state index < -0.39 is 0 Å². The van der Waals surface area contributed by atoms with Crippen LogP contribution in [0.4, 0.5) is 11.4 Å². The zero-order valence-corrected chi connectivity index (χ0v) is 13.5. The van der Waals surface area contributed by atoms with Crippen LogP contribution in [0.15, 0.2) is 42.5 Å². The summed E-state index contributed by atoms with van der Waals surface area (Å²) in [5, 5.41) is 15.0. The van der Waals surface area contributed by atoms with E-state index in [1.807, 2.05) is 37.3 Å². The molecule has 0 spiro atoms. The maximum absolute atomic E-state index is 12.1. The fraction of sp³-hybridized carbons (Fsp3) is 0.263. The number of nitriles is 1. The van der Waals surface area contributed by atoms with E-state index in [4.69, 9.17) is 5.26 Å². The molecule has 0 saturated heterocycles. The summed E-state index contributed by atoms with van der Waals surface area (Å²) < 4.78 is 0. The Morgan fingerprint density at radius 2 is 2.00 bits per heavy atom. The molecule has 2 aromatic rings. The van der Waals surface area contributed by atoms with E-state index in [0.717, 1.165) is 28.9 Å². The Labute approximate surface area is 137 Å². The highest BCUT2D eigenvalue weighted by atomic mass is 16.1. The standard InChI is InChI=1S/C19H21N3O/c1-3-16-8-4-6-14(2)19(16)22-18(23)10-11-21-17-9-5-7-15(12-17)13-20/h4-9,12,21H,3,10-11H2,1-2H3,(H,22,23). The van der Waals surface area contributed by atoms with E-state index in [0.29, 0.717) is 18.5 Å². The molecule has 0 aromatic heterocycles. The Hall–Kier alpha value is -2.80. The van der Waals surface area contributed by atoms with E-state index in [1.54, 1.807) is 12.1 Å². The van der Waals surface area contributed by atoms with Crippen molar-refractivity contribution in [3.8, 4) is 6.07 Å². The van der Waals surface area contributed by atoms with Crippen molar-refractivity contribution in [2.24, 2.45) is 0 Å². The number of hydrogen-bond acceptors (Lipinski definition) is 3. The molecule has 2 aromatic carbocycles. The fourth-order valence-corrected chi connectivity index (χ4v) is 2.42. The van der Waals surface area contributed by atoms with Crippen LogP contribution in [0, 0.1) is 18.3 Å². The number of anilines is 2. The molecular weight excluding hydrogens is 286 g/mol. The van der Waals surface area contributed by atoms with Gasteiger partial charge in [-0.05, 0) is 42.7 Å². The van der Waals surface area contributed by atoms with Crippen molar-refractivity contribution in [1.29, 1.82) is 5.26 Å². The van der Waals surface area contributed by atoms with Crippen molar-refractivity contribution in [3.05, 3.63) is 59.2 Å². The minimum atomic E-state index is -0.0158. The summed E-state index contributed by atoms with van der Waals surface area (Å²) in [7, 11) is 0. The van der Waals surface area contributed by atoms with Crippen molar-refractivity contribution < 1.29 is 4.79 Å². The van der Waals surface area contributed by atoms with Gasteiger partial charge in [0.25, 0.3) is 0 Å². The van der Waals surface area contributed by atoms with Crippen LogP contribution < -0.4 is 10.6 Å². The quantitative estimate of drug-likeness (QED) is 0.851. The molecule has 0 atom stereocenters. The Morgan fingerprint density at radius 3 is 2.74 bits per heavy atom. The summed E-state index contributed by atoms with van der Waals surface area (Å²) in [4.78, 5) is 12.1. The van der Waals surface area contributed by atoms with Crippen LogP contribution in [0.2, 0.25) is 0 Å². The van der Waals surface area contributed by atoms with Crippen LogP contribution in [0.5, 0.6) is 0 Å². The summed E-state index contributed by atoms with van der Waals surface area (Å²) in [6, 6.07) is 15.4. The lowest BCUT2D eigenvalue weighted by atomic mass is 10.1. The molecule has 0 aliphatic heterocycles. The second kappa shape index (κ2) is 8.00. The average molecular weight is 307 g/mol. The number of para-hydroxylation sites is 1. The van der Waals surface area contributed by atoms with E-state index in [9.17, 15) is 4.79 Å². The number of hydrogen-bond donors (Lipinski definition) is 2. The lowest BCUT2D eigenvalue weighted by Crippen LogP contribution is -2.17. The lowest BCUT2D eigenvalue weighted by Gasteiger charge is -2.13. The third-order valence-electron chi connectivity index (χ3n) is 3.68. The number of nitrogens with one attached hydrogen (secondary N) is 2. The second-order valence-corrected chi connectivity index (χ2v) is 5.38. The highest BCUT2D eigenvalue weighted by Crippen LogP contribution is 2.21. The molecule has 1 amide bonds. The lowest BCUT2D eigenvalue weighted by molar-refractivity contribution is -0.115. The van der Waals surface area contributed by atoms with Crippen molar-refractivity contribution in [3.63, 3.8) is 0 Å². The van der Waals surface area contributed by atoms with Crippen molar-refractivity contribution in [2.75, 3.05) is 17.2 Å². The number of aryl methyl sites for hydroxylation is 2. The Morgan fingerprint density at radius 1 is 1.22 bits per heavy atom. The van der Waals surface area contributed by atoms with Crippen molar-refractivity contribution >= 4 is 17.3 Å². The molecule has 118 valence electrons. The SMILES string of the molecule is CCc1cccc(C)c1NC(=O)CCNc1cccc(C#N)c1. The number of rotatable bonds is 6. The van der Waals surface area contributed by atoms with Crippen LogP contribution in [-0.2, 0) is 11.2 Å². The predicted octanol–water partition coefficient (Wildman–Crippen LogP) is 3.87. The number of nitrogens with zero attached hydrogens (tertiary/aromatic N) is 1. The molecule has 0 aliphatic carbocycles. The molecule has 0 heterocycles. The Balaban J connectivity index is 1.90. The smallest absolute Gasteiger partial charge is 0.226 e. The fourth-order valence-electron chi connectivity index (χ4n) is 2.42. The van der Waals surface area contributed by atoms with Gasteiger partial charge in [0.1, 0.15) is 0 Å². The van der Waals surface area contributed by atoms with Crippen molar-refractivity contribution in [1.82, 2.24) is 0 Å². The third-order valence-corrected chi connectivity index (χ3v) is 3.68. The van der Waals surface area contributed by atoms with E-state index in [2.05, 4.69) is 23.6 Å². The maximum atomic E-state index is 12.1. The largest absolute Gasteiger partial charge is 0.384 e. The van der Waals surface area contributed by atoms with Gasteiger partial charge in [0.15, 0.2) is 0 Å². The molecular formula is C19H21N3O. The summed E-state index contributed by atoms with van der Waals surface area (Å²) in [6.07, 6.45) is 1.25. The van der Waals surface area contributed by atoms with Crippen LogP contribution in [0.3, 0.4) is 0 Å². The zero-order valence-electron chi connectivity index (χ0n) is 13.5. The molecule has 0 fully saturated rings. The molecule has 4 nitrogen and oxygen atoms in total. The van der Waals surface area contributed by atoms with Gasteiger partial charge in [-0.1, -0.05) is 31.2 Å². The summed E-state index contributed by atoms with van der Waals surface area (Å²) in [5.74, 6) is -0.0158. The molecule has 23 heavy (non-hydrogen) atoms. The first-order valence-corrected chi connectivity index (χ1v) is 7.76. The van der Waals surface area contributed by atoms with Gasteiger partial charge in [-0.15, -0.1) is 0 Å². The van der Waals surface area contributed by atoms with Gasteiger partial charge in [-0.25, -0.2) is 0 Å². The zero-order chi connectivity index (χ0) is 16.7. The first-order chi connectivity index (χ1) is 11.1. The Bertz CT molecular complexity index is 732. The normalized spacial score (nSPS) is 9.96. The molecule has 0 saturated carbocycles. The third kappa shape index (κ3) is 4.58. The van der Waals surface area contributed by atoms with Gasteiger partial charge in [0.05, 0.1) is 11.6 Å². The summed E-state index contributed by atoms with van der Waals surface area (Å²) >= 11 is 0. The minimum Gasteiger partial charge on any atom is -0.384 e. The molecule has 4 heteroatoms. The van der Waals surface area contributed by atoms with E-state index in [1.165, 1.54) is 0 Å². The van der Waals surface area contributed by atoms with Crippen molar-refractivity contribution in [2.45, 2.75) is 26.7 Å². The van der Waals surface area contributed by atoms with Gasteiger partial charge in [-0.2, -0.15) is 5.26 Å². The predicted molar refractivity (Wildman–Crippen MR) is 93.5 cm³/mol. The average Bonchev–Trinajstić information content (AvgIpc) is 2.57. The number of amides is 1. The van der Waals surface area contributed by atoms with Gasteiger partial charge in [-0.3, -0.25) is 4.79 Å². The Kier molecular flexibility index (Phi) is 5.76. The van der Waals surface area contributed by atoms with E-state index in [-0.39, 0.29) is 5.91 Å². The second-order valence-electron chi connectivity index (χ2n) is 5.38. The molecule has 0 unspecified atom stereocenters. The summed E-state index contributed by atoms with van der Waals surface area (Å²) in [5.41, 5.74) is 4.60. The molecule has 2 N–H and O–H groups in total. The molecule has 2 rings (SSSR count). The summed E-state index contributed by atoms with van der Waals surface area (Å²) in [6.45, 7) is 4.60. The van der Waals surface area contributed by atoms with Crippen LogP contribution in [0.1, 0.15) is 30.0 Å². The monoisotopic (exact) mass is 307 g/mol. The van der Waals surface area contributed by atoms with Crippen LogP contribution in [0.25, 0.3) is 0 Å². The molecule has 0 bridgehead atoms. The van der Waals surface area contributed by atoms with E-state index >= 15 is 0 Å². The van der Waals surface area contributed by atoms with Gasteiger partial charge in [0, 0.05) is 24.3 Å². The molecule has 0 radical (unpaired) electrons. The van der Waals surface area contributed by atoms with Gasteiger partial charge < -0.3 is 10.6 Å². The topological polar surface area (TPSA) is 64.9 Å². The van der Waals surface area contributed by atoms with Gasteiger partial charge >= 0.3 is 0 Å². The number of carbonyl (C=O) groups excluding carboxylic acids is 1. The molecule has 0 aliphatic rings. The number of benzene rings is 2.